The van der Waals surface area contributed by atoms with Crippen molar-refractivity contribution in [1.29, 1.82) is 0 Å². The molecule has 6 heteroatoms. The number of phenolic OH excluding ortho intramolecular Hbond substituents is 3. The Kier molecular flexibility index (Phi) is 10.1. The zero-order chi connectivity index (χ0) is 38.7. The predicted molar refractivity (Wildman–Crippen MR) is 210 cm³/mol. The van der Waals surface area contributed by atoms with E-state index in [1.54, 1.807) is 0 Å². The summed E-state index contributed by atoms with van der Waals surface area (Å²) < 4.78 is 6.16. The van der Waals surface area contributed by atoms with E-state index in [-0.39, 0.29) is 51.8 Å². The van der Waals surface area contributed by atoms with Gasteiger partial charge in [-0.05, 0) is 88.4 Å². The number of hydrogen-bond donors (Lipinski definition) is 4. The highest BCUT2D eigenvalue weighted by molar-refractivity contribution is 5.69. The number of rotatable bonds is 3. The molecular formula is C46H58O6. The van der Waals surface area contributed by atoms with Crippen LogP contribution in [0.1, 0.15) is 150 Å². The third kappa shape index (κ3) is 8.27. The first kappa shape index (κ1) is 38.8. The van der Waals surface area contributed by atoms with Crippen molar-refractivity contribution in [3.05, 3.63) is 115 Å². The van der Waals surface area contributed by atoms with Gasteiger partial charge in [0.15, 0.2) is 6.61 Å². The molecule has 0 atom stereocenters. The fraction of sp³-hybridized carbons (Fsp3) is 0.457. The summed E-state index contributed by atoms with van der Waals surface area (Å²) >= 11 is 0. The van der Waals surface area contributed by atoms with Crippen LogP contribution in [0.4, 0.5) is 0 Å². The molecule has 4 aromatic carbocycles. The van der Waals surface area contributed by atoms with E-state index in [9.17, 15) is 25.2 Å². The molecule has 1 aliphatic rings. The lowest BCUT2D eigenvalue weighted by atomic mass is 9.79. The highest BCUT2D eigenvalue weighted by Gasteiger charge is 2.28. The maximum absolute atomic E-state index is 12.1. The second-order valence-corrected chi connectivity index (χ2v) is 18.9. The van der Waals surface area contributed by atoms with Crippen LogP contribution >= 0.6 is 0 Å². The Hall–Kier alpha value is -4.45. The smallest absolute Gasteiger partial charge is 0.341 e. The van der Waals surface area contributed by atoms with Gasteiger partial charge in [-0.3, -0.25) is 0 Å². The highest BCUT2D eigenvalue weighted by Crippen LogP contribution is 2.43. The van der Waals surface area contributed by atoms with Crippen LogP contribution in [0.15, 0.2) is 48.5 Å². The number of fused-ring (bicyclic) bond motifs is 8. The molecule has 0 aromatic heterocycles. The largest absolute Gasteiger partial charge is 0.507 e. The van der Waals surface area contributed by atoms with E-state index < -0.39 is 12.6 Å². The van der Waals surface area contributed by atoms with E-state index in [0.717, 1.165) is 33.4 Å². The first-order valence-corrected chi connectivity index (χ1v) is 18.4. The molecule has 5 rings (SSSR count). The summed E-state index contributed by atoms with van der Waals surface area (Å²) in [5, 5.41) is 45.9. The standard InChI is InChI=1S/C46H58O6/c1-43(2,3)34-17-26-13-28-19-35(44(4,5)6)21-30(40(28)50)15-32-23-37(46(10,11)12)24-33(42(32)52-25-38(47)48)16-31-22-36(45(7,8)9)20-29(41(31)51)14-27(18-34)39(26)49/h17-24,49-51H,13-16,25H2,1-12H3,(H,47,48). The van der Waals surface area contributed by atoms with Crippen molar-refractivity contribution in [3.63, 3.8) is 0 Å². The normalized spacial score (nSPS) is 13.9. The second kappa shape index (κ2) is 13.5. The number of carboxylic acids is 1. The Balaban J connectivity index is 1.93. The average Bonchev–Trinajstić information content (AvgIpc) is 2.99. The van der Waals surface area contributed by atoms with E-state index in [2.05, 4.69) is 95.2 Å². The Bertz CT molecular complexity index is 1900. The molecule has 0 saturated heterocycles. The molecule has 0 unspecified atom stereocenters. The van der Waals surface area contributed by atoms with Crippen molar-refractivity contribution in [2.45, 2.75) is 130 Å². The monoisotopic (exact) mass is 706 g/mol. The van der Waals surface area contributed by atoms with Gasteiger partial charge in [0.2, 0.25) is 0 Å². The first-order valence-electron chi connectivity index (χ1n) is 18.4. The van der Waals surface area contributed by atoms with Crippen molar-refractivity contribution < 1.29 is 30.0 Å². The molecule has 0 spiro atoms. The SMILES string of the molecule is CC(C)(C)c1cc2c(O)c(c1)Cc1cc(C(C)(C)C)cc(c1O)Cc1cc(C(C)(C)C)cc(c1OCC(=O)O)Cc1cc(C(C)(C)C)cc(c1O)C2. The van der Waals surface area contributed by atoms with Crippen LogP contribution in [0.2, 0.25) is 0 Å². The van der Waals surface area contributed by atoms with Gasteiger partial charge < -0.3 is 25.2 Å². The van der Waals surface area contributed by atoms with Crippen molar-refractivity contribution >= 4 is 5.97 Å². The third-order valence-electron chi connectivity index (χ3n) is 10.4. The average molecular weight is 707 g/mol. The summed E-state index contributed by atoms with van der Waals surface area (Å²) in [5.41, 5.74) is 8.90. The minimum absolute atomic E-state index is 0.145. The molecule has 0 saturated carbocycles. The number of ether oxygens (including phenoxy) is 1. The molecule has 0 amide bonds. The Morgan fingerprint density at radius 1 is 0.462 bits per heavy atom. The van der Waals surface area contributed by atoms with Gasteiger partial charge >= 0.3 is 5.97 Å². The lowest BCUT2D eigenvalue weighted by Crippen LogP contribution is -2.17. The molecule has 0 aliphatic heterocycles. The van der Waals surface area contributed by atoms with Crippen LogP contribution < -0.4 is 4.74 Å². The van der Waals surface area contributed by atoms with Gasteiger partial charge in [-0.15, -0.1) is 0 Å². The lowest BCUT2D eigenvalue weighted by molar-refractivity contribution is -0.139. The topological polar surface area (TPSA) is 107 Å². The van der Waals surface area contributed by atoms with E-state index in [0.29, 0.717) is 52.0 Å². The molecular weight excluding hydrogens is 649 g/mol. The molecule has 0 heterocycles. The van der Waals surface area contributed by atoms with E-state index in [1.807, 2.05) is 36.4 Å². The molecule has 0 radical (unpaired) electrons. The zero-order valence-corrected chi connectivity index (χ0v) is 33.3. The van der Waals surface area contributed by atoms with Gasteiger partial charge in [0.25, 0.3) is 0 Å². The van der Waals surface area contributed by atoms with Crippen LogP contribution in [0.3, 0.4) is 0 Å². The van der Waals surface area contributed by atoms with Gasteiger partial charge in [-0.2, -0.15) is 0 Å². The summed E-state index contributed by atoms with van der Waals surface area (Å²) in [6.07, 6.45) is 1.15. The van der Waals surface area contributed by atoms with Gasteiger partial charge in [0, 0.05) is 25.7 Å². The van der Waals surface area contributed by atoms with Crippen LogP contribution in [-0.2, 0) is 52.1 Å². The predicted octanol–water partition coefficient (Wildman–Crippen LogP) is 10.1. The van der Waals surface area contributed by atoms with Gasteiger partial charge in [-0.25, -0.2) is 4.79 Å². The van der Waals surface area contributed by atoms with Gasteiger partial charge in [0.1, 0.15) is 23.0 Å². The van der Waals surface area contributed by atoms with E-state index >= 15 is 0 Å². The molecule has 4 aromatic rings. The van der Waals surface area contributed by atoms with Crippen LogP contribution in [-0.4, -0.2) is 33.0 Å². The molecule has 1 aliphatic carbocycles. The van der Waals surface area contributed by atoms with Crippen molar-refractivity contribution in [2.24, 2.45) is 0 Å². The fourth-order valence-electron chi connectivity index (χ4n) is 6.98. The van der Waals surface area contributed by atoms with Crippen LogP contribution in [0, 0.1) is 0 Å². The van der Waals surface area contributed by atoms with Crippen molar-refractivity contribution in [2.75, 3.05) is 6.61 Å². The summed E-state index contributed by atoms with van der Waals surface area (Å²) in [7, 11) is 0. The van der Waals surface area contributed by atoms with Crippen LogP contribution in [0.5, 0.6) is 23.0 Å². The van der Waals surface area contributed by atoms with Gasteiger partial charge in [-0.1, -0.05) is 132 Å². The summed E-state index contributed by atoms with van der Waals surface area (Å²) in [5.74, 6) is -0.189. The number of phenols is 3. The van der Waals surface area contributed by atoms with Crippen molar-refractivity contribution in [1.82, 2.24) is 0 Å². The number of aliphatic carboxylic acids is 1. The summed E-state index contributed by atoms with van der Waals surface area (Å²) in [6.45, 7) is 25.2. The van der Waals surface area contributed by atoms with Crippen LogP contribution in [0.25, 0.3) is 0 Å². The molecule has 278 valence electrons. The fourth-order valence-corrected chi connectivity index (χ4v) is 6.98. The quantitative estimate of drug-likeness (QED) is 0.149. The van der Waals surface area contributed by atoms with E-state index in [4.69, 9.17) is 4.74 Å². The van der Waals surface area contributed by atoms with Gasteiger partial charge in [0.05, 0.1) is 0 Å². The van der Waals surface area contributed by atoms with E-state index in [1.165, 1.54) is 0 Å². The zero-order valence-electron chi connectivity index (χ0n) is 33.3. The third-order valence-corrected chi connectivity index (χ3v) is 10.4. The minimum Gasteiger partial charge on any atom is -0.507 e. The number of hydrogen-bond acceptors (Lipinski definition) is 5. The number of aromatic hydroxyl groups is 3. The molecule has 8 bridgehead atoms. The van der Waals surface area contributed by atoms with Crippen molar-refractivity contribution in [3.8, 4) is 23.0 Å². The lowest BCUT2D eigenvalue weighted by Gasteiger charge is -2.27. The number of carbonyl (C=O) groups is 1. The molecule has 52 heavy (non-hydrogen) atoms. The molecule has 4 N–H and O–H groups in total. The molecule has 6 nitrogen and oxygen atoms in total. The number of benzene rings is 4. The minimum atomic E-state index is -1.09. The first-order chi connectivity index (χ1) is 23.8. The Labute approximate surface area is 310 Å². The maximum atomic E-state index is 12.1. The number of carboxylic acid groups (broad SMARTS) is 1. The summed E-state index contributed by atoms with van der Waals surface area (Å²) in [6, 6.07) is 16.4. The maximum Gasteiger partial charge on any atom is 0.341 e. The summed E-state index contributed by atoms with van der Waals surface area (Å²) in [4.78, 5) is 11.9. The Morgan fingerprint density at radius 3 is 0.885 bits per heavy atom. The highest BCUT2D eigenvalue weighted by atomic mass is 16.5. The molecule has 0 fully saturated rings. The second-order valence-electron chi connectivity index (χ2n) is 18.9. The Morgan fingerprint density at radius 2 is 0.673 bits per heavy atom.